The molecule has 0 aliphatic carbocycles. The molecule has 0 atom stereocenters. The number of ether oxygens (including phenoxy) is 2. The second-order valence-electron chi connectivity index (χ2n) is 6.98. The van der Waals surface area contributed by atoms with Crippen molar-refractivity contribution in [1.29, 1.82) is 0 Å². The minimum Gasteiger partial charge on any atom is -0.497 e. The molecule has 0 bridgehead atoms. The maximum absolute atomic E-state index is 12.4. The van der Waals surface area contributed by atoms with Gasteiger partial charge in [-0.05, 0) is 36.4 Å². The molecule has 1 amide bonds. The number of anilines is 1. The lowest BCUT2D eigenvalue weighted by Gasteiger charge is -2.16. The molecule has 0 fully saturated rings. The summed E-state index contributed by atoms with van der Waals surface area (Å²) < 4.78 is 10.2. The lowest BCUT2D eigenvalue weighted by molar-refractivity contribution is -0.129. The Balaban J connectivity index is 2.11. The molecule has 0 aromatic heterocycles. The number of carbonyl (C=O) groups is 3. The Labute approximate surface area is 158 Å². The van der Waals surface area contributed by atoms with Crippen molar-refractivity contribution < 1.29 is 23.9 Å². The summed E-state index contributed by atoms with van der Waals surface area (Å²) in [4.78, 5) is 36.7. The molecule has 0 saturated heterocycles. The monoisotopic (exact) mass is 369 g/mol. The number of methoxy groups -OCH3 is 1. The molecule has 0 spiro atoms. The molecule has 0 saturated carbocycles. The molecule has 0 heterocycles. The molecule has 6 nitrogen and oxygen atoms in total. The molecule has 0 unspecified atom stereocenters. The number of benzene rings is 2. The minimum atomic E-state index is -0.668. The first kappa shape index (κ1) is 20.2. The average Bonchev–Trinajstić information content (AvgIpc) is 2.65. The van der Waals surface area contributed by atoms with Crippen LogP contribution in [0, 0.1) is 5.41 Å². The molecule has 0 aliphatic heterocycles. The Morgan fingerprint density at radius 3 is 2.19 bits per heavy atom. The summed E-state index contributed by atoms with van der Waals surface area (Å²) >= 11 is 0. The van der Waals surface area contributed by atoms with Crippen molar-refractivity contribution in [2.75, 3.05) is 19.0 Å². The first-order valence-electron chi connectivity index (χ1n) is 8.47. The Bertz CT molecular complexity index is 834. The number of rotatable bonds is 6. The van der Waals surface area contributed by atoms with E-state index in [9.17, 15) is 14.4 Å². The lowest BCUT2D eigenvalue weighted by Crippen LogP contribution is -2.26. The number of Topliss-reactive ketones (excluding diaryl/α,β-unsaturated/α-hetero) is 1. The van der Waals surface area contributed by atoms with E-state index in [4.69, 9.17) is 9.47 Å². The summed E-state index contributed by atoms with van der Waals surface area (Å²) in [5, 5.41) is 2.70. The van der Waals surface area contributed by atoms with Crippen molar-refractivity contribution in [2.24, 2.45) is 5.41 Å². The van der Waals surface area contributed by atoms with Gasteiger partial charge in [0.1, 0.15) is 5.75 Å². The first-order valence-corrected chi connectivity index (χ1v) is 8.47. The van der Waals surface area contributed by atoms with Gasteiger partial charge in [-0.2, -0.15) is 0 Å². The predicted octanol–water partition coefficient (Wildman–Crippen LogP) is 3.72. The fourth-order valence-corrected chi connectivity index (χ4v) is 2.13. The third-order valence-electron chi connectivity index (χ3n) is 3.92. The van der Waals surface area contributed by atoms with Crippen LogP contribution in [0.2, 0.25) is 0 Å². The van der Waals surface area contributed by atoms with Gasteiger partial charge >= 0.3 is 5.97 Å². The highest BCUT2D eigenvalue weighted by Gasteiger charge is 2.23. The third-order valence-corrected chi connectivity index (χ3v) is 3.92. The molecule has 2 aromatic carbocycles. The number of esters is 1. The van der Waals surface area contributed by atoms with Crippen LogP contribution in [-0.2, 0) is 9.53 Å². The number of amides is 1. The van der Waals surface area contributed by atoms with E-state index >= 15 is 0 Å². The highest BCUT2D eigenvalue weighted by molar-refractivity contribution is 6.08. The van der Waals surface area contributed by atoms with Crippen molar-refractivity contribution in [3.05, 3.63) is 59.7 Å². The van der Waals surface area contributed by atoms with Crippen LogP contribution in [-0.4, -0.2) is 31.4 Å². The largest absolute Gasteiger partial charge is 0.497 e. The second-order valence-corrected chi connectivity index (χ2v) is 6.98. The summed E-state index contributed by atoms with van der Waals surface area (Å²) in [6.07, 6.45) is 0. The number of carbonyl (C=O) groups excluding carboxylic acids is 3. The molecule has 0 aliphatic rings. The van der Waals surface area contributed by atoms with Gasteiger partial charge in [0.2, 0.25) is 0 Å². The summed E-state index contributed by atoms with van der Waals surface area (Å²) in [5.74, 6) is -0.587. The van der Waals surface area contributed by atoms with Crippen LogP contribution in [0.1, 0.15) is 41.5 Å². The SMILES string of the molecule is COc1ccc(C(=O)Nc2ccccc2C(=O)OCC(=O)C(C)(C)C)cc1. The van der Waals surface area contributed by atoms with Gasteiger partial charge in [0.05, 0.1) is 18.4 Å². The molecular weight excluding hydrogens is 346 g/mol. The van der Waals surface area contributed by atoms with Crippen LogP contribution in [0.5, 0.6) is 5.75 Å². The number of ketones is 1. The topological polar surface area (TPSA) is 81.7 Å². The van der Waals surface area contributed by atoms with Crippen LogP contribution >= 0.6 is 0 Å². The van der Waals surface area contributed by atoms with Crippen molar-refractivity contribution >= 4 is 23.3 Å². The zero-order valence-corrected chi connectivity index (χ0v) is 15.9. The summed E-state index contributed by atoms with van der Waals surface area (Å²) in [6.45, 7) is 4.95. The molecule has 1 N–H and O–H groups in total. The molecule has 2 rings (SSSR count). The van der Waals surface area contributed by atoms with Crippen molar-refractivity contribution in [3.63, 3.8) is 0 Å². The Kier molecular flexibility index (Phi) is 6.34. The summed E-state index contributed by atoms with van der Waals surface area (Å²) in [5.41, 5.74) is 0.317. The quantitative estimate of drug-likeness (QED) is 0.785. The van der Waals surface area contributed by atoms with Gasteiger partial charge in [-0.1, -0.05) is 32.9 Å². The van der Waals surface area contributed by atoms with Gasteiger partial charge in [0.15, 0.2) is 12.4 Å². The summed E-state index contributed by atoms with van der Waals surface area (Å²) in [6, 6.07) is 13.1. The van der Waals surface area contributed by atoms with E-state index < -0.39 is 11.4 Å². The number of nitrogens with one attached hydrogen (secondary N) is 1. The normalized spacial score (nSPS) is 10.8. The molecule has 0 radical (unpaired) electrons. The van der Waals surface area contributed by atoms with Crippen molar-refractivity contribution in [1.82, 2.24) is 0 Å². The van der Waals surface area contributed by atoms with E-state index in [0.717, 1.165) is 0 Å². The number of para-hydroxylation sites is 1. The fraction of sp³-hybridized carbons (Fsp3) is 0.286. The van der Waals surface area contributed by atoms with E-state index in [1.165, 1.54) is 6.07 Å². The van der Waals surface area contributed by atoms with Crippen LogP contribution in [0.25, 0.3) is 0 Å². The lowest BCUT2D eigenvalue weighted by atomic mass is 9.91. The first-order chi connectivity index (χ1) is 12.7. The molecule has 6 heteroatoms. The van der Waals surface area contributed by atoms with Crippen LogP contribution < -0.4 is 10.1 Å². The summed E-state index contributed by atoms with van der Waals surface area (Å²) in [7, 11) is 1.54. The Morgan fingerprint density at radius 2 is 1.59 bits per heavy atom. The third kappa shape index (κ3) is 5.41. The van der Waals surface area contributed by atoms with Gasteiger partial charge < -0.3 is 14.8 Å². The smallest absolute Gasteiger partial charge is 0.340 e. The van der Waals surface area contributed by atoms with Crippen LogP contribution in [0.4, 0.5) is 5.69 Å². The highest BCUT2D eigenvalue weighted by atomic mass is 16.5. The van der Waals surface area contributed by atoms with E-state index in [0.29, 0.717) is 17.0 Å². The van der Waals surface area contributed by atoms with E-state index in [-0.39, 0.29) is 23.9 Å². The van der Waals surface area contributed by atoms with Crippen molar-refractivity contribution in [3.8, 4) is 5.75 Å². The standard InChI is InChI=1S/C21H23NO5/c1-21(2,3)18(23)13-27-20(25)16-7-5-6-8-17(16)22-19(24)14-9-11-15(26-4)12-10-14/h5-12H,13H2,1-4H3,(H,22,24). The van der Waals surface area contributed by atoms with Gasteiger partial charge in [-0.25, -0.2) is 4.79 Å². The van der Waals surface area contributed by atoms with E-state index in [1.54, 1.807) is 70.3 Å². The van der Waals surface area contributed by atoms with Gasteiger partial charge in [0, 0.05) is 11.0 Å². The van der Waals surface area contributed by atoms with Crippen LogP contribution in [0.3, 0.4) is 0 Å². The van der Waals surface area contributed by atoms with E-state index in [2.05, 4.69) is 5.32 Å². The number of hydrogen-bond acceptors (Lipinski definition) is 5. The molecule has 142 valence electrons. The van der Waals surface area contributed by atoms with Gasteiger partial charge in [-0.3, -0.25) is 9.59 Å². The van der Waals surface area contributed by atoms with E-state index in [1.807, 2.05) is 0 Å². The second kappa shape index (κ2) is 8.49. The zero-order chi connectivity index (χ0) is 20.0. The maximum Gasteiger partial charge on any atom is 0.340 e. The fourth-order valence-electron chi connectivity index (χ4n) is 2.13. The highest BCUT2D eigenvalue weighted by Crippen LogP contribution is 2.20. The molecular formula is C21H23NO5. The maximum atomic E-state index is 12.4. The predicted molar refractivity (Wildman–Crippen MR) is 102 cm³/mol. The van der Waals surface area contributed by atoms with Gasteiger partial charge in [0.25, 0.3) is 5.91 Å². The molecule has 27 heavy (non-hydrogen) atoms. The molecule has 2 aromatic rings. The zero-order valence-electron chi connectivity index (χ0n) is 15.9. The Morgan fingerprint density at radius 1 is 0.963 bits per heavy atom. The average molecular weight is 369 g/mol. The Hall–Kier alpha value is -3.15. The minimum absolute atomic E-state index is 0.182. The van der Waals surface area contributed by atoms with Crippen molar-refractivity contribution in [2.45, 2.75) is 20.8 Å². The van der Waals surface area contributed by atoms with Crippen LogP contribution in [0.15, 0.2) is 48.5 Å². The van der Waals surface area contributed by atoms with Gasteiger partial charge in [-0.15, -0.1) is 0 Å². The number of hydrogen-bond donors (Lipinski definition) is 1.